The van der Waals surface area contributed by atoms with Gasteiger partial charge in [-0.25, -0.2) is 9.37 Å². The number of hydrogen-bond acceptors (Lipinski definition) is 4. The third-order valence-electron chi connectivity index (χ3n) is 4.62. The Balaban J connectivity index is 1.49. The van der Waals surface area contributed by atoms with E-state index in [1.807, 2.05) is 26.1 Å². The van der Waals surface area contributed by atoms with E-state index in [1.54, 1.807) is 11.3 Å². The Morgan fingerprint density at radius 2 is 1.88 bits per heavy atom. The Kier molecular flexibility index (Phi) is 6.08. The third kappa shape index (κ3) is 4.52. The number of nitrogens with zero attached hydrogens (tertiary/aromatic N) is 4. The number of thiazole rings is 1. The van der Waals surface area contributed by atoms with E-state index in [4.69, 9.17) is 0 Å². The molecule has 1 aromatic carbocycles. The fourth-order valence-electron chi connectivity index (χ4n) is 3.25. The number of aromatic nitrogens is 1. The Morgan fingerprint density at radius 3 is 2.46 bits per heavy atom. The van der Waals surface area contributed by atoms with Crippen molar-refractivity contribution in [2.45, 2.75) is 20.3 Å². The maximum atomic E-state index is 13.1. The number of benzene rings is 1. The van der Waals surface area contributed by atoms with Gasteiger partial charge in [-0.05, 0) is 38.1 Å². The molecule has 140 valence electrons. The van der Waals surface area contributed by atoms with Gasteiger partial charge in [0.2, 0.25) is 0 Å². The van der Waals surface area contributed by atoms with Crippen molar-refractivity contribution in [3.8, 4) is 0 Å². The van der Waals surface area contributed by atoms with Crippen LogP contribution >= 0.6 is 11.3 Å². The van der Waals surface area contributed by atoms with Crippen LogP contribution in [0.4, 0.5) is 10.1 Å². The molecule has 1 saturated heterocycles. The summed E-state index contributed by atoms with van der Waals surface area (Å²) < 4.78 is 13.1. The zero-order valence-electron chi connectivity index (χ0n) is 15.6. The zero-order valence-corrected chi connectivity index (χ0v) is 16.4. The monoisotopic (exact) mass is 375 g/mol. The fourth-order valence-corrected chi connectivity index (χ4v) is 4.19. The minimum Gasteiger partial charge on any atom is -0.368 e. The van der Waals surface area contributed by atoms with Crippen molar-refractivity contribution in [2.75, 3.05) is 44.7 Å². The first-order chi connectivity index (χ1) is 12.6. The molecular weight excluding hydrogens is 349 g/mol. The number of halogens is 1. The van der Waals surface area contributed by atoms with Gasteiger partial charge in [0.1, 0.15) is 5.82 Å². The lowest BCUT2D eigenvalue weighted by Gasteiger charge is -2.37. The summed E-state index contributed by atoms with van der Waals surface area (Å²) in [7, 11) is 1.83. The Morgan fingerprint density at radius 1 is 1.19 bits per heavy atom. The van der Waals surface area contributed by atoms with E-state index in [0.29, 0.717) is 0 Å². The van der Waals surface area contributed by atoms with E-state index in [9.17, 15) is 4.39 Å². The molecular formula is C19H26FN5S. The molecule has 1 aliphatic heterocycles. The average molecular weight is 376 g/mol. The molecule has 0 radical (unpaired) electrons. The van der Waals surface area contributed by atoms with Gasteiger partial charge in [0.15, 0.2) is 5.96 Å². The van der Waals surface area contributed by atoms with Crippen molar-refractivity contribution in [3.05, 3.63) is 45.7 Å². The first-order valence-electron chi connectivity index (χ1n) is 8.96. The number of rotatable bonds is 4. The smallest absolute Gasteiger partial charge is 0.193 e. The van der Waals surface area contributed by atoms with Crippen molar-refractivity contribution < 1.29 is 4.39 Å². The Hall–Kier alpha value is -2.15. The summed E-state index contributed by atoms with van der Waals surface area (Å²) in [6.45, 7) is 8.58. The molecule has 0 saturated carbocycles. The number of aliphatic imine (C=N–C) groups is 1. The van der Waals surface area contributed by atoms with Crippen LogP contribution < -0.4 is 10.2 Å². The molecule has 2 heterocycles. The summed E-state index contributed by atoms with van der Waals surface area (Å²) in [5.41, 5.74) is 2.21. The van der Waals surface area contributed by atoms with Gasteiger partial charge in [-0.1, -0.05) is 0 Å². The first kappa shape index (κ1) is 18.6. The van der Waals surface area contributed by atoms with Crippen molar-refractivity contribution in [1.29, 1.82) is 0 Å². The largest absolute Gasteiger partial charge is 0.368 e. The van der Waals surface area contributed by atoms with Crippen molar-refractivity contribution in [1.82, 2.24) is 15.2 Å². The molecule has 0 bridgehead atoms. The van der Waals surface area contributed by atoms with E-state index in [1.165, 1.54) is 17.0 Å². The molecule has 0 aliphatic carbocycles. The molecule has 0 amide bonds. The maximum absolute atomic E-state index is 13.1. The van der Waals surface area contributed by atoms with Crippen LogP contribution in [0.15, 0.2) is 29.3 Å². The van der Waals surface area contributed by atoms with Gasteiger partial charge >= 0.3 is 0 Å². The van der Waals surface area contributed by atoms with Crippen LogP contribution in [0.2, 0.25) is 0 Å². The molecule has 1 N–H and O–H groups in total. The molecule has 2 aromatic rings. The number of nitrogens with one attached hydrogen (secondary N) is 1. The van der Waals surface area contributed by atoms with Gasteiger partial charge in [0.05, 0.1) is 10.7 Å². The summed E-state index contributed by atoms with van der Waals surface area (Å²) in [6.07, 6.45) is 0.964. The topological polar surface area (TPSA) is 43.8 Å². The second kappa shape index (κ2) is 8.49. The second-order valence-corrected chi connectivity index (χ2v) is 7.70. The summed E-state index contributed by atoms with van der Waals surface area (Å²) in [5, 5.41) is 4.60. The quantitative estimate of drug-likeness (QED) is 0.659. The summed E-state index contributed by atoms with van der Waals surface area (Å²) in [5.74, 6) is 0.756. The molecule has 1 fully saturated rings. The normalized spacial score (nSPS) is 15.5. The van der Waals surface area contributed by atoms with Gasteiger partial charge < -0.3 is 15.1 Å². The van der Waals surface area contributed by atoms with Crippen LogP contribution in [0.5, 0.6) is 0 Å². The van der Waals surface area contributed by atoms with Crippen LogP contribution in [-0.4, -0.2) is 55.6 Å². The lowest BCUT2D eigenvalue weighted by molar-refractivity contribution is 0.373. The fraction of sp³-hybridized carbons (Fsp3) is 0.474. The SMILES string of the molecule is CN=C(NCCc1sc(C)nc1C)N1CCN(c2ccc(F)cc2)CC1. The molecule has 5 nitrogen and oxygen atoms in total. The van der Waals surface area contributed by atoms with Crippen molar-refractivity contribution in [3.63, 3.8) is 0 Å². The minimum atomic E-state index is -0.191. The summed E-state index contributed by atoms with van der Waals surface area (Å²) >= 11 is 1.77. The predicted molar refractivity (Wildman–Crippen MR) is 107 cm³/mol. The van der Waals surface area contributed by atoms with Crippen LogP contribution in [0, 0.1) is 19.7 Å². The van der Waals surface area contributed by atoms with Crippen LogP contribution in [-0.2, 0) is 6.42 Å². The van der Waals surface area contributed by atoms with Gasteiger partial charge in [-0.3, -0.25) is 4.99 Å². The molecule has 0 atom stereocenters. The highest BCUT2D eigenvalue weighted by atomic mass is 32.1. The van der Waals surface area contributed by atoms with Crippen LogP contribution in [0.1, 0.15) is 15.6 Å². The maximum Gasteiger partial charge on any atom is 0.193 e. The molecule has 0 spiro atoms. The lowest BCUT2D eigenvalue weighted by Crippen LogP contribution is -2.52. The summed E-state index contributed by atoms with van der Waals surface area (Å²) in [4.78, 5) is 14.8. The number of anilines is 1. The van der Waals surface area contributed by atoms with E-state index in [-0.39, 0.29) is 5.82 Å². The number of piperazine rings is 1. The van der Waals surface area contributed by atoms with Gasteiger partial charge in [0.25, 0.3) is 0 Å². The Labute approximate surface area is 158 Å². The first-order valence-corrected chi connectivity index (χ1v) is 9.77. The standard InChI is InChI=1S/C19H26FN5S/c1-14-18(26-15(2)23-14)8-9-22-19(21-3)25-12-10-24(11-13-25)17-6-4-16(20)5-7-17/h4-7H,8-13H2,1-3H3,(H,21,22). The lowest BCUT2D eigenvalue weighted by atomic mass is 10.2. The number of aryl methyl sites for hydroxylation is 2. The number of hydrogen-bond donors (Lipinski definition) is 1. The van der Waals surface area contributed by atoms with E-state index in [2.05, 4.69) is 32.0 Å². The van der Waals surface area contributed by atoms with E-state index in [0.717, 1.165) is 61.5 Å². The third-order valence-corrected chi connectivity index (χ3v) is 5.75. The molecule has 0 unspecified atom stereocenters. The molecule has 3 rings (SSSR count). The zero-order chi connectivity index (χ0) is 18.5. The van der Waals surface area contributed by atoms with Gasteiger partial charge in [-0.15, -0.1) is 11.3 Å². The van der Waals surface area contributed by atoms with Gasteiger partial charge in [-0.2, -0.15) is 0 Å². The molecule has 1 aromatic heterocycles. The second-order valence-electron chi connectivity index (χ2n) is 6.42. The van der Waals surface area contributed by atoms with E-state index >= 15 is 0 Å². The Bertz CT molecular complexity index is 748. The molecule has 7 heteroatoms. The molecule has 26 heavy (non-hydrogen) atoms. The van der Waals surface area contributed by atoms with Gasteiger partial charge in [0, 0.05) is 56.8 Å². The van der Waals surface area contributed by atoms with Crippen LogP contribution in [0.25, 0.3) is 0 Å². The minimum absolute atomic E-state index is 0.191. The summed E-state index contributed by atoms with van der Waals surface area (Å²) in [6, 6.07) is 6.73. The highest BCUT2D eigenvalue weighted by Gasteiger charge is 2.19. The van der Waals surface area contributed by atoms with Crippen LogP contribution in [0.3, 0.4) is 0 Å². The average Bonchev–Trinajstić information content (AvgIpc) is 2.97. The molecule has 1 aliphatic rings. The predicted octanol–water partition coefficient (Wildman–Crippen LogP) is 2.84. The highest BCUT2D eigenvalue weighted by molar-refractivity contribution is 7.11. The van der Waals surface area contributed by atoms with E-state index < -0.39 is 0 Å². The van der Waals surface area contributed by atoms with Crippen molar-refractivity contribution in [2.24, 2.45) is 4.99 Å². The number of guanidine groups is 1. The van der Waals surface area contributed by atoms with Crippen molar-refractivity contribution >= 4 is 23.0 Å². The highest BCUT2D eigenvalue weighted by Crippen LogP contribution is 2.18.